The summed E-state index contributed by atoms with van der Waals surface area (Å²) >= 11 is 0. The van der Waals surface area contributed by atoms with Gasteiger partial charge in [0, 0.05) is 19.4 Å². The smallest absolute Gasteiger partial charge is 0.220 e. The molecule has 1 unspecified atom stereocenters. The molecule has 1 fully saturated rings. The molecule has 6 nitrogen and oxygen atoms in total. The summed E-state index contributed by atoms with van der Waals surface area (Å²) in [6.07, 6.45) is 6.91. The Morgan fingerprint density at radius 2 is 2.04 bits per heavy atom. The van der Waals surface area contributed by atoms with Crippen LogP contribution in [-0.2, 0) is 17.8 Å². The van der Waals surface area contributed by atoms with Gasteiger partial charge in [-0.05, 0) is 51.1 Å². The Hall–Kier alpha value is -0.850. The van der Waals surface area contributed by atoms with Gasteiger partial charge in [0.15, 0.2) is 5.82 Å². The molecule has 0 aromatic carbocycles. The van der Waals surface area contributed by atoms with Crippen LogP contribution in [0.4, 0.5) is 0 Å². The van der Waals surface area contributed by atoms with E-state index in [2.05, 4.69) is 27.6 Å². The van der Waals surface area contributed by atoms with E-state index in [1.54, 1.807) is 0 Å². The van der Waals surface area contributed by atoms with Gasteiger partial charge in [-0.25, -0.2) is 9.67 Å². The largest absolute Gasteiger partial charge is 0.346 e. The molecular weight excluding hydrogens is 349 g/mol. The van der Waals surface area contributed by atoms with E-state index in [0.717, 1.165) is 57.0 Å². The summed E-state index contributed by atoms with van der Waals surface area (Å²) in [4.78, 5) is 16.8. The van der Waals surface area contributed by atoms with Crippen molar-refractivity contribution in [2.75, 3.05) is 13.1 Å². The van der Waals surface area contributed by atoms with Crippen molar-refractivity contribution >= 4 is 30.7 Å². The van der Waals surface area contributed by atoms with Gasteiger partial charge in [-0.2, -0.15) is 5.10 Å². The third-order valence-electron chi connectivity index (χ3n) is 4.81. The lowest BCUT2D eigenvalue weighted by atomic mass is 9.93. The highest BCUT2D eigenvalue weighted by molar-refractivity contribution is 5.85. The van der Waals surface area contributed by atoms with Gasteiger partial charge in [0.25, 0.3) is 0 Å². The van der Waals surface area contributed by atoms with Crippen LogP contribution in [0.2, 0.25) is 0 Å². The number of fused-ring (bicyclic) bond motifs is 1. The first-order chi connectivity index (χ1) is 10.8. The Balaban J connectivity index is 0.00000144. The van der Waals surface area contributed by atoms with Crippen molar-refractivity contribution in [1.29, 1.82) is 0 Å². The number of aryl methyl sites for hydroxylation is 2. The lowest BCUT2D eigenvalue weighted by Gasteiger charge is -2.24. The molecule has 0 aliphatic carbocycles. The van der Waals surface area contributed by atoms with Gasteiger partial charge < -0.3 is 10.6 Å². The molecule has 0 bridgehead atoms. The molecule has 0 saturated carbocycles. The minimum absolute atomic E-state index is 0. The molecule has 0 spiro atoms. The number of carbonyl (C=O) groups excluding carboxylic acids is 1. The molecule has 1 atom stereocenters. The quantitative estimate of drug-likeness (QED) is 0.826. The Kier molecular flexibility index (Phi) is 9.02. The summed E-state index contributed by atoms with van der Waals surface area (Å²) in [6.45, 7) is 5.17. The zero-order valence-electron chi connectivity index (χ0n) is 14.3. The normalized spacial score (nSPS) is 20.5. The topological polar surface area (TPSA) is 71.8 Å². The zero-order chi connectivity index (χ0) is 15.4. The Labute approximate surface area is 156 Å². The van der Waals surface area contributed by atoms with E-state index in [1.807, 2.05) is 4.68 Å². The van der Waals surface area contributed by atoms with Crippen LogP contribution in [0.25, 0.3) is 0 Å². The van der Waals surface area contributed by atoms with E-state index in [0.29, 0.717) is 12.3 Å². The Bertz CT molecular complexity index is 517. The third kappa shape index (κ3) is 5.33. The third-order valence-corrected chi connectivity index (χ3v) is 4.81. The second kappa shape index (κ2) is 10.2. The summed E-state index contributed by atoms with van der Waals surface area (Å²) < 4.78 is 1.97. The van der Waals surface area contributed by atoms with Gasteiger partial charge in [0.05, 0.1) is 6.04 Å². The van der Waals surface area contributed by atoms with Crippen LogP contribution in [0.15, 0.2) is 0 Å². The second-order valence-corrected chi connectivity index (χ2v) is 6.46. The van der Waals surface area contributed by atoms with E-state index < -0.39 is 0 Å². The fraction of sp³-hybridized carbons (Fsp3) is 0.812. The van der Waals surface area contributed by atoms with Crippen LogP contribution in [0.5, 0.6) is 0 Å². The van der Waals surface area contributed by atoms with Gasteiger partial charge in [0.2, 0.25) is 5.91 Å². The number of amides is 1. The van der Waals surface area contributed by atoms with Crippen molar-refractivity contribution in [3.63, 3.8) is 0 Å². The molecule has 1 amide bonds. The summed E-state index contributed by atoms with van der Waals surface area (Å²) in [5, 5.41) is 11.0. The molecule has 2 aliphatic rings. The number of halogens is 2. The van der Waals surface area contributed by atoms with Gasteiger partial charge >= 0.3 is 0 Å². The molecule has 0 radical (unpaired) electrons. The molecule has 24 heavy (non-hydrogen) atoms. The summed E-state index contributed by atoms with van der Waals surface area (Å²) in [6, 6.07) is 0.0436. The Morgan fingerprint density at radius 3 is 2.75 bits per heavy atom. The molecular formula is C16H29Cl2N5O. The number of hydrogen-bond acceptors (Lipinski definition) is 4. The van der Waals surface area contributed by atoms with Gasteiger partial charge in [-0.3, -0.25) is 4.79 Å². The lowest BCUT2D eigenvalue weighted by Crippen LogP contribution is -2.34. The maximum absolute atomic E-state index is 12.3. The number of aromatic nitrogens is 3. The monoisotopic (exact) mass is 377 g/mol. The molecule has 1 aromatic heterocycles. The molecule has 3 rings (SSSR count). The SMILES string of the molecule is CCc1nc2n(n1)CCCC2NC(=O)CCC1CCNCC1.Cl.Cl. The van der Waals surface area contributed by atoms with Crippen molar-refractivity contribution in [2.45, 2.75) is 64.5 Å². The molecule has 2 N–H and O–H groups in total. The average Bonchev–Trinajstić information content (AvgIpc) is 2.98. The van der Waals surface area contributed by atoms with Crippen molar-refractivity contribution in [3.8, 4) is 0 Å². The van der Waals surface area contributed by atoms with Crippen molar-refractivity contribution in [1.82, 2.24) is 25.4 Å². The first-order valence-corrected chi connectivity index (χ1v) is 8.70. The number of nitrogens with one attached hydrogen (secondary N) is 2. The predicted molar refractivity (Wildman–Crippen MR) is 98.8 cm³/mol. The van der Waals surface area contributed by atoms with Crippen LogP contribution in [-0.4, -0.2) is 33.8 Å². The first kappa shape index (κ1) is 21.2. The maximum Gasteiger partial charge on any atom is 0.220 e. The summed E-state index contributed by atoms with van der Waals surface area (Å²) in [5.41, 5.74) is 0. The molecule has 3 heterocycles. The fourth-order valence-corrected chi connectivity index (χ4v) is 3.46. The number of carbonyl (C=O) groups is 1. The van der Waals surface area contributed by atoms with Crippen LogP contribution in [0, 0.1) is 5.92 Å². The standard InChI is InChI=1S/C16H27N5O.2ClH/c1-2-14-19-16-13(4-3-11-21(16)20-14)18-15(22)6-5-12-7-9-17-10-8-12;;/h12-13,17H,2-11H2,1H3,(H,18,22);2*1H. The van der Waals surface area contributed by atoms with Crippen LogP contribution < -0.4 is 10.6 Å². The molecule has 138 valence electrons. The number of piperidine rings is 1. The first-order valence-electron chi connectivity index (χ1n) is 8.70. The van der Waals surface area contributed by atoms with E-state index in [9.17, 15) is 4.79 Å². The van der Waals surface area contributed by atoms with E-state index >= 15 is 0 Å². The van der Waals surface area contributed by atoms with Crippen LogP contribution in [0.1, 0.15) is 63.1 Å². The average molecular weight is 378 g/mol. The lowest BCUT2D eigenvalue weighted by molar-refractivity contribution is -0.122. The number of hydrogen-bond donors (Lipinski definition) is 2. The minimum atomic E-state index is 0. The van der Waals surface area contributed by atoms with E-state index in [-0.39, 0.29) is 36.8 Å². The highest BCUT2D eigenvalue weighted by Crippen LogP contribution is 2.24. The number of nitrogens with zero attached hydrogens (tertiary/aromatic N) is 3. The van der Waals surface area contributed by atoms with Crippen LogP contribution in [0.3, 0.4) is 0 Å². The summed E-state index contributed by atoms with van der Waals surface area (Å²) in [5.74, 6) is 2.69. The molecule has 8 heteroatoms. The van der Waals surface area contributed by atoms with Crippen molar-refractivity contribution < 1.29 is 4.79 Å². The Morgan fingerprint density at radius 1 is 1.29 bits per heavy atom. The highest BCUT2D eigenvalue weighted by Gasteiger charge is 2.25. The minimum Gasteiger partial charge on any atom is -0.346 e. The van der Waals surface area contributed by atoms with Crippen molar-refractivity contribution in [3.05, 3.63) is 11.6 Å². The van der Waals surface area contributed by atoms with E-state index in [4.69, 9.17) is 0 Å². The number of rotatable bonds is 5. The fourth-order valence-electron chi connectivity index (χ4n) is 3.46. The van der Waals surface area contributed by atoms with Crippen LogP contribution >= 0.6 is 24.8 Å². The van der Waals surface area contributed by atoms with Gasteiger partial charge in [0.1, 0.15) is 5.82 Å². The summed E-state index contributed by atoms with van der Waals surface area (Å²) in [7, 11) is 0. The van der Waals surface area contributed by atoms with Gasteiger partial charge in [-0.1, -0.05) is 6.92 Å². The maximum atomic E-state index is 12.3. The second-order valence-electron chi connectivity index (χ2n) is 6.46. The molecule has 1 saturated heterocycles. The van der Waals surface area contributed by atoms with Crippen molar-refractivity contribution in [2.24, 2.45) is 5.92 Å². The van der Waals surface area contributed by atoms with E-state index in [1.165, 1.54) is 12.8 Å². The van der Waals surface area contributed by atoms with Gasteiger partial charge in [-0.15, -0.1) is 24.8 Å². The predicted octanol–water partition coefficient (Wildman–Crippen LogP) is 2.42. The molecule has 2 aliphatic heterocycles. The molecule has 1 aromatic rings. The highest BCUT2D eigenvalue weighted by atomic mass is 35.5. The zero-order valence-corrected chi connectivity index (χ0v) is 15.9.